The molecule has 104 valence electrons. The van der Waals surface area contributed by atoms with Gasteiger partial charge in [0.2, 0.25) is 0 Å². The van der Waals surface area contributed by atoms with Gasteiger partial charge in [-0.25, -0.2) is 0 Å². The summed E-state index contributed by atoms with van der Waals surface area (Å²) in [6, 6.07) is 12.2. The van der Waals surface area contributed by atoms with Crippen molar-refractivity contribution in [3.63, 3.8) is 0 Å². The molecule has 5 heteroatoms. The van der Waals surface area contributed by atoms with Gasteiger partial charge in [0.05, 0.1) is 17.7 Å². The summed E-state index contributed by atoms with van der Waals surface area (Å²) in [6.45, 7) is 0.406. The fourth-order valence-electron chi connectivity index (χ4n) is 1.69. The first-order valence-corrected chi connectivity index (χ1v) is 6.72. The standard InChI is InChI=1S/C15H13Cl2NO2/c1-20-12-6-7-14(17)13(8-12)15(19)18-9-10-2-4-11(16)5-3-10/h2-8H,9H2,1H3,(H,18,19). The molecule has 3 nitrogen and oxygen atoms in total. The van der Waals surface area contributed by atoms with Crippen LogP contribution in [0.4, 0.5) is 0 Å². The van der Waals surface area contributed by atoms with E-state index >= 15 is 0 Å². The predicted molar refractivity (Wildman–Crippen MR) is 80.6 cm³/mol. The fourth-order valence-corrected chi connectivity index (χ4v) is 2.01. The number of hydrogen-bond donors (Lipinski definition) is 1. The molecule has 2 aromatic rings. The van der Waals surface area contributed by atoms with Gasteiger partial charge in [-0.1, -0.05) is 35.3 Å². The highest BCUT2D eigenvalue weighted by Crippen LogP contribution is 2.22. The van der Waals surface area contributed by atoms with E-state index in [1.165, 1.54) is 0 Å². The first-order chi connectivity index (χ1) is 9.60. The van der Waals surface area contributed by atoms with Gasteiger partial charge in [0.15, 0.2) is 0 Å². The molecule has 0 bridgehead atoms. The summed E-state index contributed by atoms with van der Waals surface area (Å²) in [6.07, 6.45) is 0. The third kappa shape index (κ3) is 3.65. The minimum atomic E-state index is -0.246. The van der Waals surface area contributed by atoms with E-state index in [0.29, 0.717) is 27.9 Å². The maximum absolute atomic E-state index is 12.1. The van der Waals surface area contributed by atoms with Crippen molar-refractivity contribution in [1.82, 2.24) is 5.32 Å². The van der Waals surface area contributed by atoms with Gasteiger partial charge in [0, 0.05) is 11.6 Å². The van der Waals surface area contributed by atoms with E-state index < -0.39 is 0 Å². The largest absolute Gasteiger partial charge is 0.497 e. The Morgan fingerprint density at radius 1 is 1.15 bits per heavy atom. The Hall–Kier alpha value is -1.71. The van der Waals surface area contributed by atoms with Gasteiger partial charge < -0.3 is 10.1 Å². The fraction of sp³-hybridized carbons (Fsp3) is 0.133. The molecule has 0 saturated heterocycles. The summed E-state index contributed by atoms with van der Waals surface area (Å²) < 4.78 is 5.08. The zero-order chi connectivity index (χ0) is 14.5. The maximum Gasteiger partial charge on any atom is 0.253 e. The lowest BCUT2D eigenvalue weighted by Gasteiger charge is -2.08. The van der Waals surface area contributed by atoms with Crippen molar-refractivity contribution in [2.24, 2.45) is 0 Å². The third-order valence-electron chi connectivity index (χ3n) is 2.78. The van der Waals surface area contributed by atoms with Crippen LogP contribution in [-0.2, 0) is 6.54 Å². The lowest BCUT2D eigenvalue weighted by molar-refractivity contribution is 0.0950. The quantitative estimate of drug-likeness (QED) is 0.929. The van der Waals surface area contributed by atoms with Crippen molar-refractivity contribution < 1.29 is 9.53 Å². The minimum absolute atomic E-state index is 0.246. The number of benzene rings is 2. The van der Waals surface area contributed by atoms with Gasteiger partial charge in [-0.3, -0.25) is 4.79 Å². The summed E-state index contributed by atoms with van der Waals surface area (Å²) in [5.74, 6) is 0.342. The smallest absolute Gasteiger partial charge is 0.253 e. The van der Waals surface area contributed by atoms with Crippen molar-refractivity contribution in [2.45, 2.75) is 6.54 Å². The van der Waals surface area contributed by atoms with Crippen LogP contribution in [0.5, 0.6) is 5.75 Å². The predicted octanol–water partition coefficient (Wildman–Crippen LogP) is 3.93. The van der Waals surface area contributed by atoms with Gasteiger partial charge in [-0.15, -0.1) is 0 Å². The number of halogens is 2. The molecule has 0 radical (unpaired) electrons. The number of amides is 1. The normalized spacial score (nSPS) is 10.2. The first kappa shape index (κ1) is 14.7. The van der Waals surface area contributed by atoms with Crippen molar-refractivity contribution in [3.8, 4) is 5.75 Å². The van der Waals surface area contributed by atoms with Crippen LogP contribution in [0.2, 0.25) is 10.0 Å². The van der Waals surface area contributed by atoms with Crippen LogP contribution >= 0.6 is 23.2 Å². The summed E-state index contributed by atoms with van der Waals surface area (Å²) >= 11 is 11.8. The lowest BCUT2D eigenvalue weighted by Crippen LogP contribution is -2.23. The number of carbonyl (C=O) groups excluding carboxylic acids is 1. The zero-order valence-electron chi connectivity index (χ0n) is 10.8. The van der Waals surface area contributed by atoms with Crippen LogP contribution in [0, 0.1) is 0 Å². The second-order valence-corrected chi connectivity index (χ2v) is 5.00. The van der Waals surface area contributed by atoms with Crippen LogP contribution in [0.25, 0.3) is 0 Å². The van der Waals surface area contributed by atoms with Gasteiger partial charge >= 0.3 is 0 Å². The highest BCUT2D eigenvalue weighted by atomic mass is 35.5. The van der Waals surface area contributed by atoms with E-state index in [-0.39, 0.29) is 5.91 Å². The molecule has 0 aliphatic heterocycles. The molecule has 2 rings (SSSR count). The van der Waals surface area contributed by atoms with Crippen LogP contribution in [-0.4, -0.2) is 13.0 Å². The molecule has 0 heterocycles. The average molecular weight is 310 g/mol. The number of nitrogens with one attached hydrogen (secondary N) is 1. The third-order valence-corrected chi connectivity index (χ3v) is 3.37. The number of rotatable bonds is 4. The molecule has 1 N–H and O–H groups in total. The molecule has 20 heavy (non-hydrogen) atoms. The van der Waals surface area contributed by atoms with Gasteiger partial charge in [-0.2, -0.15) is 0 Å². The van der Waals surface area contributed by atoms with Gasteiger partial charge in [-0.05, 0) is 35.9 Å². The van der Waals surface area contributed by atoms with E-state index in [0.717, 1.165) is 5.56 Å². The topological polar surface area (TPSA) is 38.3 Å². The van der Waals surface area contributed by atoms with Gasteiger partial charge in [0.25, 0.3) is 5.91 Å². The van der Waals surface area contributed by atoms with E-state index in [4.69, 9.17) is 27.9 Å². The number of methoxy groups -OCH3 is 1. The van der Waals surface area contributed by atoms with Crippen LogP contribution in [0.3, 0.4) is 0 Å². The number of hydrogen-bond acceptors (Lipinski definition) is 2. The number of carbonyl (C=O) groups is 1. The average Bonchev–Trinajstić information content (AvgIpc) is 2.47. The Bertz CT molecular complexity index is 612. The van der Waals surface area contributed by atoms with Gasteiger partial charge in [0.1, 0.15) is 5.75 Å². The van der Waals surface area contributed by atoms with Crippen LogP contribution in [0.1, 0.15) is 15.9 Å². The van der Waals surface area contributed by atoms with Crippen molar-refractivity contribution in [3.05, 3.63) is 63.6 Å². The monoisotopic (exact) mass is 309 g/mol. The second-order valence-electron chi connectivity index (χ2n) is 4.15. The molecule has 0 fully saturated rings. The molecule has 0 unspecified atom stereocenters. The zero-order valence-corrected chi connectivity index (χ0v) is 12.3. The Balaban J connectivity index is 2.06. The van der Waals surface area contributed by atoms with Crippen molar-refractivity contribution in [1.29, 1.82) is 0 Å². The molecular formula is C15H13Cl2NO2. The molecule has 0 aromatic heterocycles. The first-order valence-electron chi connectivity index (χ1n) is 5.96. The SMILES string of the molecule is COc1ccc(Cl)c(C(=O)NCc2ccc(Cl)cc2)c1. The minimum Gasteiger partial charge on any atom is -0.497 e. The molecule has 0 aliphatic rings. The number of ether oxygens (including phenoxy) is 1. The van der Waals surface area contributed by atoms with E-state index in [1.54, 1.807) is 37.4 Å². The highest BCUT2D eigenvalue weighted by Gasteiger charge is 2.11. The molecule has 0 spiro atoms. The molecule has 0 aliphatic carbocycles. The van der Waals surface area contributed by atoms with Crippen LogP contribution in [0.15, 0.2) is 42.5 Å². The lowest BCUT2D eigenvalue weighted by atomic mass is 10.2. The summed E-state index contributed by atoms with van der Waals surface area (Å²) in [5.41, 5.74) is 1.35. The Morgan fingerprint density at radius 3 is 2.50 bits per heavy atom. The molecule has 2 aromatic carbocycles. The Morgan fingerprint density at radius 2 is 1.85 bits per heavy atom. The van der Waals surface area contributed by atoms with E-state index in [1.807, 2.05) is 12.1 Å². The summed E-state index contributed by atoms with van der Waals surface area (Å²) in [7, 11) is 1.54. The van der Waals surface area contributed by atoms with E-state index in [2.05, 4.69) is 5.32 Å². The maximum atomic E-state index is 12.1. The second kappa shape index (κ2) is 6.64. The van der Waals surface area contributed by atoms with Crippen molar-refractivity contribution in [2.75, 3.05) is 7.11 Å². The molecule has 1 amide bonds. The molecule has 0 atom stereocenters. The highest BCUT2D eigenvalue weighted by molar-refractivity contribution is 6.33. The summed E-state index contributed by atoms with van der Waals surface area (Å²) in [5, 5.41) is 3.86. The molecular weight excluding hydrogens is 297 g/mol. The summed E-state index contributed by atoms with van der Waals surface area (Å²) in [4.78, 5) is 12.1. The Kier molecular flexibility index (Phi) is 4.88. The van der Waals surface area contributed by atoms with Crippen molar-refractivity contribution >= 4 is 29.1 Å². The van der Waals surface area contributed by atoms with E-state index in [9.17, 15) is 4.79 Å². The van der Waals surface area contributed by atoms with Crippen LogP contribution < -0.4 is 10.1 Å². The Labute approximate surface area is 127 Å². The molecule has 0 saturated carbocycles.